The third-order valence-corrected chi connectivity index (χ3v) is 4.37. The second-order valence-electron chi connectivity index (χ2n) is 4.87. The first-order valence-electron chi connectivity index (χ1n) is 6.91. The van der Waals surface area contributed by atoms with Gasteiger partial charge in [0.1, 0.15) is 5.82 Å². The first-order chi connectivity index (χ1) is 10.1. The van der Waals surface area contributed by atoms with Gasteiger partial charge in [-0.1, -0.05) is 6.07 Å². The molecule has 2 aromatic rings. The summed E-state index contributed by atoms with van der Waals surface area (Å²) in [6.45, 7) is 3.49. The Hall–Kier alpha value is -1.89. The third-order valence-electron chi connectivity index (χ3n) is 3.43. The largest absolute Gasteiger partial charge is 0.349 e. The van der Waals surface area contributed by atoms with E-state index in [1.54, 1.807) is 18.4 Å². The number of thiophene rings is 1. The van der Waals surface area contributed by atoms with Crippen LogP contribution in [0.15, 0.2) is 22.5 Å². The Bertz CT molecular complexity index is 587. The summed E-state index contributed by atoms with van der Waals surface area (Å²) in [5, 5.41) is 13.6. The smallest absolute Gasteiger partial charge is 0.193 e. The molecule has 0 saturated heterocycles. The zero-order chi connectivity index (χ0) is 15.2. The summed E-state index contributed by atoms with van der Waals surface area (Å²) in [6.07, 6.45) is 1.03. The lowest BCUT2D eigenvalue weighted by Gasteiger charge is -2.21. The zero-order valence-corrected chi connectivity index (χ0v) is 13.8. The molecule has 0 saturated carbocycles. The van der Waals surface area contributed by atoms with Crippen LogP contribution in [0.5, 0.6) is 0 Å². The van der Waals surface area contributed by atoms with Crippen molar-refractivity contribution in [3.05, 3.63) is 34.0 Å². The van der Waals surface area contributed by atoms with E-state index in [1.165, 1.54) is 4.88 Å². The molecule has 2 rings (SSSR count). The molecule has 0 atom stereocenters. The van der Waals surface area contributed by atoms with E-state index in [0.717, 1.165) is 30.6 Å². The molecule has 0 bridgehead atoms. The number of likely N-dealkylation sites (N-methyl/N-ethyl adjacent to an activating group) is 1. The lowest BCUT2D eigenvalue weighted by atomic mass is 10.3. The first-order valence-corrected chi connectivity index (χ1v) is 7.78. The summed E-state index contributed by atoms with van der Waals surface area (Å²) in [5.74, 6) is 2.68. The van der Waals surface area contributed by atoms with Gasteiger partial charge < -0.3 is 14.8 Å². The van der Waals surface area contributed by atoms with Crippen molar-refractivity contribution >= 4 is 17.3 Å². The molecule has 21 heavy (non-hydrogen) atoms. The average molecular weight is 306 g/mol. The fraction of sp³-hybridized carbons (Fsp3) is 0.500. The van der Waals surface area contributed by atoms with Gasteiger partial charge in [-0.3, -0.25) is 4.99 Å². The Labute approximate surface area is 129 Å². The number of aliphatic imine (C=N–C) groups is 1. The van der Waals surface area contributed by atoms with Crippen molar-refractivity contribution in [3.8, 4) is 0 Å². The number of hydrogen-bond donors (Lipinski definition) is 1. The van der Waals surface area contributed by atoms with Crippen LogP contribution < -0.4 is 5.32 Å². The maximum Gasteiger partial charge on any atom is 0.193 e. The number of aromatic nitrogens is 3. The summed E-state index contributed by atoms with van der Waals surface area (Å²) in [7, 11) is 5.81. The molecule has 0 unspecified atom stereocenters. The van der Waals surface area contributed by atoms with Gasteiger partial charge in [0.05, 0.1) is 6.54 Å². The van der Waals surface area contributed by atoms with Crippen molar-refractivity contribution in [2.75, 3.05) is 20.6 Å². The number of nitrogens with zero attached hydrogens (tertiary/aromatic N) is 5. The molecule has 0 fully saturated rings. The van der Waals surface area contributed by atoms with Gasteiger partial charge in [-0.15, -0.1) is 21.5 Å². The summed E-state index contributed by atoms with van der Waals surface area (Å²) >= 11 is 1.79. The molecule has 2 heterocycles. The van der Waals surface area contributed by atoms with Gasteiger partial charge in [-0.05, 0) is 24.8 Å². The summed E-state index contributed by atoms with van der Waals surface area (Å²) in [4.78, 5) is 7.83. The molecule has 1 N–H and O–H groups in total. The van der Waals surface area contributed by atoms with Gasteiger partial charge in [0.15, 0.2) is 11.8 Å². The summed E-state index contributed by atoms with van der Waals surface area (Å²) < 4.78 is 1.98. The van der Waals surface area contributed by atoms with Gasteiger partial charge in [-0.25, -0.2) is 0 Å². The lowest BCUT2D eigenvalue weighted by molar-refractivity contribution is 0.484. The van der Waals surface area contributed by atoms with Crippen LogP contribution >= 0.6 is 11.3 Å². The van der Waals surface area contributed by atoms with Gasteiger partial charge in [0.2, 0.25) is 0 Å². The van der Waals surface area contributed by atoms with Crippen molar-refractivity contribution in [1.29, 1.82) is 0 Å². The Balaban J connectivity index is 1.86. The van der Waals surface area contributed by atoms with Crippen LogP contribution in [0.4, 0.5) is 0 Å². The minimum Gasteiger partial charge on any atom is -0.349 e. The predicted molar refractivity (Wildman–Crippen MR) is 86.6 cm³/mol. The van der Waals surface area contributed by atoms with Gasteiger partial charge in [0.25, 0.3) is 0 Å². The van der Waals surface area contributed by atoms with E-state index < -0.39 is 0 Å². The fourth-order valence-corrected chi connectivity index (χ4v) is 2.68. The Kier molecular flexibility index (Phi) is 5.32. The van der Waals surface area contributed by atoms with Crippen LogP contribution in [-0.2, 0) is 20.0 Å². The Morgan fingerprint density at radius 2 is 2.29 bits per heavy atom. The highest BCUT2D eigenvalue weighted by molar-refractivity contribution is 7.09. The maximum atomic E-state index is 4.32. The maximum absolute atomic E-state index is 4.32. The van der Waals surface area contributed by atoms with Crippen LogP contribution in [0.1, 0.15) is 16.5 Å². The van der Waals surface area contributed by atoms with E-state index in [9.17, 15) is 0 Å². The number of nitrogens with one attached hydrogen (secondary N) is 1. The molecule has 2 aromatic heterocycles. The summed E-state index contributed by atoms with van der Waals surface area (Å²) in [6, 6.07) is 4.25. The van der Waals surface area contributed by atoms with E-state index in [-0.39, 0.29) is 0 Å². The Morgan fingerprint density at radius 3 is 2.86 bits per heavy atom. The third kappa shape index (κ3) is 4.04. The van der Waals surface area contributed by atoms with Gasteiger partial charge in [-0.2, -0.15) is 0 Å². The Morgan fingerprint density at radius 1 is 1.48 bits per heavy atom. The first kappa shape index (κ1) is 15.5. The molecular formula is C14H22N6S. The normalized spacial score (nSPS) is 11.7. The second kappa shape index (κ2) is 7.21. The molecule has 0 aliphatic rings. The van der Waals surface area contributed by atoms with Gasteiger partial charge in [0, 0.05) is 32.6 Å². The highest BCUT2D eigenvalue weighted by Crippen LogP contribution is 2.09. The quantitative estimate of drug-likeness (QED) is 0.671. The highest BCUT2D eigenvalue weighted by atomic mass is 32.1. The molecule has 0 aliphatic heterocycles. The highest BCUT2D eigenvalue weighted by Gasteiger charge is 2.09. The molecule has 0 aromatic carbocycles. The topological polar surface area (TPSA) is 58.3 Å². The number of aryl methyl sites for hydroxylation is 1. The van der Waals surface area contributed by atoms with Crippen LogP contribution in [0, 0.1) is 6.92 Å². The van der Waals surface area contributed by atoms with E-state index >= 15 is 0 Å². The van der Waals surface area contributed by atoms with E-state index in [4.69, 9.17) is 0 Å². The van der Waals surface area contributed by atoms with Crippen LogP contribution in [-0.4, -0.2) is 46.3 Å². The van der Waals surface area contributed by atoms with Crippen LogP contribution in [0.25, 0.3) is 0 Å². The molecule has 0 spiro atoms. The minimum absolute atomic E-state index is 0.618. The van der Waals surface area contributed by atoms with E-state index in [2.05, 4.69) is 42.9 Å². The van der Waals surface area contributed by atoms with Crippen LogP contribution in [0.2, 0.25) is 0 Å². The van der Waals surface area contributed by atoms with E-state index in [0.29, 0.717) is 6.54 Å². The SMILES string of the molecule is CN=C(NCc1nnc(C)n1C)N(C)CCc1cccs1. The number of guanidine groups is 1. The van der Waals surface area contributed by atoms with E-state index in [1.807, 2.05) is 25.6 Å². The standard InChI is InChI=1S/C14H22N6S/c1-11-17-18-13(20(11)4)10-16-14(15-2)19(3)8-7-12-6-5-9-21-12/h5-6,9H,7-8,10H2,1-4H3,(H,15,16). The van der Waals surface area contributed by atoms with Crippen molar-refractivity contribution in [3.63, 3.8) is 0 Å². The lowest BCUT2D eigenvalue weighted by Crippen LogP contribution is -2.39. The van der Waals surface area contributed by atoms with Gasteiger partial charge >= 0.3 is 0 Å². The predicted octanol–water partition coefficient (Wildman–Crippen LogP) is 1.43. The molecule has 6 nitrogen and oxygen atoms in total. The number of hydrogen-bond acceptors (Lipinski definition) is 4. The zero-order valence-electron chi connectivity index (χ0n) is 13.0. The molecule has 114 valence electrons. The molecule has 7 heteroatoms. The molecule has 0 radical (unpaired) electrons. The molecule has 0 amide bonds. The fourth-order valence-electron chi connectivity index (χ4n) is 1.99. The van der Waals surface area contributed by atoms with Crippen molar-refractivity contribution in [1.82, 2.24) is 25.0 Å². The second-order valence-corrected chi connectivity index (χ2v) is 5.91. The molecule has 0 aliphatic carbocycles. The minimum atomic E-state index is 0.618. The average Bonchev–Trinajstić information content (AvgIpc) is 3.10. The van der Waals surface area contributed by atoms with Crippen molar-refractivity contribution < 1.29 is 0 Å². The van der Waals surface area contributed by atoms with Crippen molar-refractivity contribution in [2.45, 2.75) is 19.9 Å². The monoisotopic (exact) mass is 306 g/mol. The summed E-state index contributed by atoms with van der Waals surface area (Å²) in [5.41, 5.74) is 0. The molecular weight excluding hydrogens is 284 g/mol. The van der Waals surface area contributed by atoms with Crippen LogP contribution in [0.3, 0.4) is 0 Å². The number of rotatable bonds is 5. The van der Waals surface area contributed by atoms with Crippen molar-refractivity contribution in [2.24, 2.45) is 12.0 Å².